The van der Waals surface area contributed by atoms with Gasteiger partial charge in [-0.05, 0) is 18.2 Å². The minimum atomic E-state index is -0.233. The van der Waals surface area contributed by atoms with Crippen molar-refractivity contribution in [1.29, 1.82) is 0 Å². The third-order valence-corrected chi connectivity index (χ3v) is 4.20. The molecule has 1 N–H and O–H groups in total. The molecule has 3 rings (SSSR count). The molecule has 1 aliphatic rings. The highest BCUT2D eigenvalue weighted by Crippen LogP contribution is 2.14. The Morgan fingerprint density at radius 3 is 2.58 bits per heavy atom. The van der Waals surface area contributed by atoms with E-state index < -0.39 is 0 Å². The first kappa shape index (κ1) is 16.3. The fourth-order valence-electron chi connectivity index (χ4n) is 2.69. The van der Waals surface area contributed by atoms with Crippen molar-refractivity contribution in [2.75, 3.05) is 37.6 Å². The van der Waals surface area contributed by atoms with E-state index in [0.717, 1.165) is 44.1 Å². The molecular weight excluding hydrogens is 304 g/mol. The van der Waals surface area contributed by atoms with E-state index >= 15 is 0 Å². The summed E-state index contributed by atoms with van der Waals surface area (Å²) in [6.45, 7) is 7.88. The van der Waals surface area contributed by atoms with Crippen LogP contribution in [-0.4, -0.2) is 58.5 Å². The van der Waals surface area contributed by atoms with Crippen molar-refractivity contribution in [2.45, 2.75) is 13.5 Å². The van der Waals surface area contributed by atoms with E-state index in [1.54, 1.807) is 6.20 Å². The summed E-state index contributed by atoms with van der Waals surface area (Å²) < 4.78 is 0. The minimum absolute atomic E-state index is 0.233. The highest BCUT2D eigenvalue weighted by molar-refractivity contribution is 5.91. The van der Waals surface area contributed by atoms with Crippen LogP contribution in [0.2, 0.25) is 0 Å². The SMILES string of the molecule is CCN1CCN(c2ccc(CNC(=O)c3cnccn3)cn2)CC1. The summed E-state index contributed by atoms with van der Waals surface area (Å²) in [6.07, 6.45) is 6.31. The van der Waals surface area contributed by atoms with Gasteiger partial charge >= 0.3 is 0 Å². The van der Waals surface area contributed by atoms with Gasteiger partial charge in [-0.1, -0.05) is 13.0 Å². The number of amides is 1. The molecule has 3 heterocycles. The van der Waals surface area contributed by atoms with Crippen LogP contribution in [0.25, 0.3) is 0 Å². The van der Waals surface area contributed by atoms with Crippen molar-refractivity contribution in [3.8, 4) is 0 Å². The van der Waals surface area contributed by atoms with Gasteiger partial charge < -0.3 is 15.1 Å². The molecular formula is C17H22N6O. The highest BCUT2D eigenvalue weighted by Gasteiger charge is 2.16. The number of anilines is 1. The van der Waals surface area contributed by atoms with E-state index in [2.05, 4.69) is 37.0 Å². The summed E-state index contributed by atoms with van der Waals surface area (Å²) in [5, 5.41) is 2.83. The molecule has 2 aromatic rings. The molecule has 7 nitrogen and oxygen atoms in total. The molecule has 0 aromatic carbocycles. The van der Waals surface area contributed by atoms with Gasteiger partial charge in [0.25, 0.3) is 5.91 Å². The first-order valence-corrected chi connectivity index (χ1v) is 8.22. The molecule has 1 fully saturated rings. The number of pyridine rings is 1. The van der Waals surface area contributed by atoms with Crippen molar-refractivity contribution >= 4 is 11.7 Å². The monoisotopic (exact) mass is 326 g/mol. The molecule has 0 aliphatic carbocycles. The molecule has 126 valence electrons. The van der Waals surface area contributed by atoms with E-state index in [9.17, 15) is 4.79 Å². The van der Waals surface area contributed by atoms with Crippen LogP contribution in [0, 0.1) is 0 Å². The van der Waals surface area contributed by atoms with Gasteiger partial charge in [-0.25, -0.2) is 9.97 Å². The summed E-state index contributed by atoms with van der Waals surface area (Å²) in [5.41, 5.74) is 1.28. The van der Waals surface area contributed by atoms with E-state index in [0.29, 0.717) is 12.2 Å². The molecule has 0 bridgehead atoms. The second kappa shape index (κ2) is 7.83. The lowest BCUT2D eigenvalue weighted by Gasteiger charge is -2.34. The van der Waals surface area contributed by atoms with Crippen LogP contribution >= 0.6 is 0 Å². The molecule has 0 spiro atoms. The Balaban J connectivity index is 1.52. The molecule has 0 atom stereocenters. The van der Waals surface area contributed by atoms with E-state index in [1.165, 1.54) is 12.4 Å². The number of nitrogens with zero attached hydrogens (tertiary/aromatic N) is 5. The number of hydrogen-bond acceptors (Lipinski definition) is 6. The second-order valence-electron chi connectivity index (χ2n) is 5.72. The van der Waals surface area contributed by atoms with Crippen LogP contribution in [0.4, 0.5) is 5.82 Å². The van der Waals surface area contributed by atoms with Gasteiger partial charge in [0.15, 0.2) is 0 Å². The van der Waals surface area contributed by atoms with Crippen LogP contribution in [0.1, 0.15) is 23.0 Å². The number of likely N-dealkylation sites (N-methyl/N-ethyl adjacent to an activating group) is 1. The summed E-state index contributed by atoms with van der Waals surface area (Å²) >= 11 is 0. The van der Waals surface area contributed by atoms with Gasteiger partial charge in [-0.15, -0.1) is 0 Å². The predicted molar refractivity (Wildman–Crippen MR) is 91.8 cm³/mol. The maximum absolute atomic E-state index is 11.9. The number of rotatable bonds is 5. The molecule has 1 aliphatic heterocycles. The van der Waals surface area contributed by atoms with Crippen LogP contribution in [-0.2, 0) is 6.54 Å². The van der Waals surface area contributed by atoms with E-state index in [-0.39, 0.29) is 5.91 Å². The summed E-state index contributed by atoms with van der Waals surface area (Å²) in [5.74, 6) is 0.762. The van der Waals surface area contributed by atoms with Gasteiger partial charge in [0, 0.05) is 51.3 Å². The third-order valence-electron chi connectivity index (χ3n) is 4.20. The Morgan fingerprint density at radius 1 is 1.12 bits per heavy atom. The Hall–Kier alpha value is -2.54. The lowest BCUT2D eigenvalue weighted by Crippen LogP contribution is -2.46. The molecule has 7 heteroatoms. The Labute approximate surface area is 141 Å². The zero-order chi connectivity index (χ0) is 16.8. The lowest BCUT2D eigenvalue weighted by molar-refractivity contribution is 0.0945. The fraction of sp³-hybridized carbons (Fsp3) is 0.412. The Kier molecular flexibility index (Phi) is 5.32. The Morgan fingerprint density at radius 2 is 1.96 bits per heavy atom. The average Bonchev–Trinajstić information content (AvgIpc) is 2.67. The summed E-state index contributed by atoms with van der Waals surface area (Å²) in [7, 11) is 0. The predicted octanol–water partition coefficient (Wildman–Crippen LogP) is 0.943. The zero-order valence-corrected chi connectivity index (χ0v) is 13.9. The maximum atomic E-state index is 11.9. The lowest BCUT2D eigenvalue weighted by atomic mass is 10.2. The number of hydrogen-bond donors (Lipinski definition) is 1. The van der Waals surface area contributed by atoms with Crippen molar-refractivity contribution in [3.05, 3.63) is 48.2 Å². The second-order valence-corrected chi connectivity index (χ2v) is 5.72. The summed E-state index contributed by atoms with van der Waals surface area (Å²) in [4.78, 5) is 29.1. The highest BCUT2D eigenvalue weighted by atomic mass is 16.1. The smallest absolute Gasteiger partial charge is 0.271 e. The van der Waals surface area contributed by atoms with Crippen molar-refractivity contribution < 1.29 is 4.79 Å². The van der Waals surface area contributed by atoms with Crippen LogP contribution in [0.3, 0.4) is 0 Å². The molecule has 24 heavy (non-hydrogen) atoms. The quantitative estimate of drug-likeness (QED) is 0.881. The van der Waals surface area contributed by atoms with Crippen LogP contribution in [0.15, 0.2) is 36.9 Å². The topological polar surface area (TPSA) is 74.2 Å². The van der Waals surface area contributed by atoms with E-state index in [1.807, 2.05) is 18.3 Å². The average molecular weight is 326 g/mol. The molecule has 0 radical (unpaired) electrons. The van der Waals surface area contributed by atoms with Gasteiger partial charge in [-0.2, -0.15) is 0 Å². The standard InChI is InChI=1S/C17H22N6O/c1-2-22-7-9-23(10-8-22)16-4-3-14(11-20-16)12-21-17(24)15-13-18-5-6-19-15/h3-6,11,13H,2,7-10,12H2,1H3,(H,21,24). The normalized spacial score (nSPS) is 15.3. The molecule has 0 saturated carbocycles. The minimum Gasteiger partial charge on any atom is -0.354 e. The number of nitrogens with one attached hydrogen (secondary N) is 1. The van der Waals surface area contributed by atoms with Gasteiger partial charge in [-0.3, -0.25) is 9.78 Å². The number of carbonyl (C=O) groups is 1. The number of carbonyl (C=O) groups excluding carboxylic acids is 1. The van der Waals surface area contributed by atoms with E-state index in [4.69, 9.17) is 0 Å². The molecule has 0 unspecified atom stereocenters. The maximum Gasteiger partial charge on any atom is 0.271 e. The third kappa shape index (κ3) is 4.05. The van der Waals surface area contributed by atoms with Gasteiger partial charge in [0.05, 0.1) is 6.20 Å². The van der Waals surface area contributed by atoms with Crippen LogP contribution < -0.4 is 10.2 Å². The van der Waals surface area contributed by atoms with Gasteiger partial charge in [0.2, 0.25) is 0 Å². The summed E-state index contributed by atoms with van der Waals surface area (Å²) in [6, 6.07) is 4.02. The first-order chi connectivity index (χ1) is 11.8. The van der Waals surface area contributed by atoms with Crippen molar-refractivity contribution in [3.63, 3.8) is 0 Å². The molecule has 1 amide bonds. The Bertz CT molecular complexity index is 653. The van der Waals surface area contributed by atoms with Crippen LogP contribution in [0.5, 0.6) is 0 Å². The molecule has 2 aromatic heterocycles. The van der Waals surface area contributed by atoms with Crippen molar-refractivity contribution in [1.82, 2.24) is 25.2 Å². The zero-order valence-electron chi connectivity index (χ0n) is 13.9. The van der Waals surface area contributed by atoms with Crippen molar-refractivity contribution in [2.24, 2.45) is 0 Å². The number of aromatic nitrogens is 3. The fourth-order valence-corrected chi connectivity index (χ4v) is 2.69. The first-order valence-electron chi connectivity index (χ1n) is 8.22. The largest absolute Gasteiger partial charge is 0.354 e. The molecule has 1 saturated heterocycles. The van der Waals surface area contributed by atoms with Gasteiger partial charge in [0.1, 0.15) is 11.5 Å². The number of piperazine rings is 1.